The molecule has 15 heavy (non-hydrogen) atoms. The molecule has 0 spiro atoms. The topological polar surface area (TPSA) is 50.8 Å². The summed E-state index contributed by atoms with van der Waals surface area (Å²) in [5.74, 6) is 0.637. The molecule has 0 bridgehead atoms. The number of rotatable bonds is 4. The van der Waals surface area contributed by atoms with Crippen LogP contribution in [-0.4, -0.2) is 21.8 Å². The molecule has 2 aromatic rings. The van der Waals surface area contributed by atoms with Gasteiger partial charge in [-0.05, 0) is 28.1 Å². The fraction of sp³-hybridized carbons (Fsp3) is 0.200. The van der Waals surface area contributed by atoms with Gasteiger partial charge in [-0.15, -0.1) is 0 Å². The number of hydrogen-bond acceptors (Lipinski definition) is 3. The van der Waals surface area contributed by atoms with E-state index in [1.54, 1.807) is 12.4 Å². The molecule has 2 heterocycles. The van der Waals surface area contributed by atoms with Crippen LogP contribution in [0.25, 0.3) is 0 Å². The van der Waals surface area contributed by atoms with Crippen molar-refractivity contribution in [3.05, 3.63) is 40.8 Å². The standard InChI is InChI=1S/C10H10BrN3O/c11-8-1-2-10(12-7-8)15-6-4-9-3-5-13-14-9/h1-3,5,7H,4,6H2,(H,13,14). The van der Waals surface area contributed by atoms with Crippen LogP contribution in [0.5, 0.6) is 5.88 Å². The quantitative estimate of drug-likeness (QED) is 0.924. The van der Waals surface area contributed by atoms with Crippen LogP contribution in [0.4, 0.5) is 0 Å². The number of halogens is 1. The van der Waals surface area contributed by atoms with E-state index in [1.165, 1.54) is 0 Å². The number of nitrogens with zero attached hydrogens (tertiary/aromatic N) is 2. The molecule has 0 aliphatic carbocycles. The molecule has 1 N–H and O–H groups in total. The van der Waals surface area contributed by atoms with Crippen molar-refractivity contribution in [1.29, 1.82) is 0 Å². The number of nitrogens with one attached hydrogen (secondary N) is 1. The molecule has 5 heteroatoms. The summed E-state index contributed by atoms with van der Waals surface area (Å²) in [5.41, 5.74) is 1.06. The highest BCUT2D eigenvalue weighted by Gasteiger charge is 1.97. The van der Waals surface area contributed by atoms with Gasteiger partial charge in [0.2, 0.25) is 5.88 Å². The molecule has 2 aromatic heterocycles. The zero-order chi connectivity index (χ0) is 10.5. The number of H-pyrrole nitrogens is 1. The maximum absolute atomic E-state index is 5.45. The summed E-state index contributed by atoms with van der Waals surface area (Å²) in [5, 5.41) is 6.73. The minimum atomic E-state index is 0.594. The first-order valence-electron chi connectivity index (χ1n) is 4.57. The Morgan fingerprint density at radius 2 is 2.27 bits per heavy atom. The predicted molar refractivity (Wildman–Crippen MR) is 59.7 cm³/mol. The Hall–Kier alpha value is -1.36. The lowest BCUT2D eigenvalue weighted by molar-refractivity contribution is 0.308. The van der Waals surface area contributed by atoms with E-state index in [4.69, 9.17) is 4.74 Å². The van der Waals surface area contributed by atoms with E-state index < -0.39 is 0 Å². The maximum atomic E-state index is 5.45. The summed E-state index contributed by atoms with van der Waals surface area (Å²) in [6.45, 7) is 0.594. The molecule has 2 rings (SSSR count). The minimum Gasteiger partial charge on any atom is -0.477 e. The molecule has 0 saturated heterocycles. The van der Waals surface area contributed by atoms with Gasteiger partial charge in [0, 0.05) is 35.0 Å². The van der Waals surface area contributed by atoms with Gasteiger partial charge in [0.15, 0.2) is 0 Å². The van der Waals surface area contributed by atoms with Crippen LogP contribution in [0.1, 0.15) is 5.69 Å². The number of aromatic amines is 1. The Morgan fingerprint density at radius 1 is 1.33 bits per heavy atom. The Labute approximate surface area is 95.8 Å². The van der Waals surface area contributed by atoms with Crippen molar-refractivity contribution >= 4 is 15.9 Å². The van der Waals surface area contributed by atoms with E-state index >= 15 is 0 Å². The normalized spacial score (nSPS) is 10.2. The zero-order valence-corrected chi connectivity index (χ0v) is 9.57. The van der Waals surface area contributed by atoms with Crippen molar-refractivity contribution in [3.63, 3.8) is 0 Å². The summed E-state index contributed by atoms with van der Waals surface area (Å²) in [6, 6.07) is 5.66. The second-order valence-electron chi connectivity index (χ2n) is 2.99. The molecule has 78 valence electrons. The fourth-order valence-electron chi connectivity index (χ4n) is 1.14. The van der Waals surface area contributed by atoms with Gasteiger partial charge in [-0.2, -0.15) is 5.10 Å². The molecule has 0 amide bonds. The molecule has 0 unspecified atom stereocenters. The third kappa shape index (κ3) is 3.06. The monoisotopic (exact) mass is 267 g/mol. The number of hydrogen-bond donors (Lipinski definition) is 1. The molecule has 0 aromatic carbocycles. The van der Waals surface area contributed by atoms with Crippen LogP contribution < -0.4 is 4.74 Å². The van der Waals surface area contributed by atoms with Crippen LogP contribution in [-0.2, 0) is 6.42 Å². The lowest BCUT2D eigenvalue weighted by Gasteiger charge is -2.03. The molecule has 0 aliphatic rings. The second kappa shape index (κ2) is 4.93. The third-order valence-corrected chi connectivity index (χ3v) is 2.35. The van der Waals surface area contributed by atoms with Crippen LogP contribution in [0.15, 0.2) is 35.1 Å². The first-order valence-corrected chi connectivity index (χ1v) is 5.36. The van der Waals surface area contributed by atoms with Gasteiger partial charge >= 0.3 is 0 Å². The van der Waals surface area contributed by atoms with E-state index in [2.05, 4.69) is 31.1 Å². The highest BCUT2D eigenvalue weighted by Crippen LogP contribution is 2.12. The van der Waals surface area contributed by atoms with Crippen LogP contribution >= 0.6 is 15.9 Å². The molecule has 0 fully saturated rings. The van der Waals surface area contributed by atoms with Gasteiger partial charge in [0.25, 0.3) is 0 Å². The predicted octanol–water partition coefficient (Wildman–Crippen LogP) is 2.19. The van der Waals surface area contributed by atoms with Gasteiger partial charge in [-0.25, -0.2) is 4.98 Å². The summed E-state index contributed by atoms with van der Waals surface area (Å²) < 4.78 is 6.40. The van der Waals surface area contributed by atoms with Gasteiger partial charge in [0.1, 0.15) is 0 Å². The number of pyridine rings is 1. The largest absolute Gasteiger partial charge is 0.477 e. The van der Waals surface area contributed by atoms with Crippen LogP contribution in [0.3, 0.4) is 0 Å². The van der Waals surface area contributed by atoms with E-state index in [-0.39, 0.29) is 0 Å². The first-order chi connectivity index (χ1) is 7.34. The van der Waals surface area contributed by atoms with Crippen molar-refractivity contribution in [2.45, 2.75) is 6.42 Å². The molecule has 0 aliphatic heterocycles. The average molecular weight is 268 g/mol. The van der Waals surface area contributed by atoms with Crippen molar-refractivity contribution in [3.8, 4) is 5.88 Å². The Bertz CT molecular complexity index is 399. The van der Waals surface area contributed by atoms with Crippen molar-refractivity contribution < 1.29 is 4.74 Å². The maximum Gasteiger partial charge on any atom is 0.213 e. The van der Waals surface area contributed by atoms with Crippen molar-refractivity contribution in [2.24, 2.45) is 0 Å². The van der Waals surface area contributed by atoms with E-state index in [1.807, 2.05) is 18.2 Å². The van der Waals surface area contributed by atoms with Crippen LogP contribution in [0.2, 0.25) is 0 Å². The van der Waals surface area contributed by atoms with Crippen molar-refractivity contribution in [2.75, 3.05) is 6.61 Å². The third-order valence-electron chi connectivity index (χ3n) is 1.88. The average Bonchev–Trinajstić information content (AvgIpc) is 2.74. The van der Waals surface area contributed by atoms with Gasteiger partial charge in [-0.1, -0.05) is 0 Å². The first kappa shape index (κ1) is 10.2. The van der Waals surface area contributed by atoms with Crippen molar-refractivity contribution in [1.82, 2.24) is 15.2 Å². The summed E-state index contributed by atoms with van der Waals surface area (Å²) in [7, 11) is 0. The molecular formula is C10H10BrN3O. The molecule has 0 radical (unpaired) electrons. The number of ether oxygens (including phenoxy) is 1. The lowest BCUT2D eigenvalue weighted by Crippen LogP contribution is -2.02. The SMILES string of the molecule is Brc1ccc(OCCc2ccn[nH]2)nc1. The van der Waals surface area contributed by atoms with E-state index in [0.717, 1.165) is 16.6 Å². The fourth-order valence-corrected chi connectivity index (χ4v) is 1.37. The van der Waals surface area contributed by atoms with Gasteiger partial charge in [0.05, 0.1) is 6.61 Å². The molecule has 0 saturated carbocycles. The van der Waals surface area contributed by atoms with Crippen LogP contribution in [0, 0.1) is 0 Å². The highest BCUT2D eigenvalue weighted by molar-refractivity contribution is 9.10. The summed E-state index contributed by atoms with van der Waals surface area (Å²) in [6.07, 6.45) is 4.25. The highest BCUT2D eigenvalue weighted by atomic mass is 79.9. The second-order valence-corrected chi connectivity index (χ2v) is 3.91. The molecular weight excluding hydrogens is 258 g/mol. The Balaban J connectivity index is 1.81. The Kier molecular flexibility index (Phi) is 3.34. The molecule has 4 nitrogen and oxygen atoms in total. The summed E-state index contributed by atoms with van der Waals surface area (Å²) >= 11 is 3.31. The minimum absolute atomic E-state index is 0.594. The Morgan fingerprint density at radius 3 is 2.93 bits per heavy atom. The van der Waals surface area contributed by atoms with E-state index in [9.17, 15) is 0 Å². The van der Waals surface area contributed by atoms with Gasteiger partial charge < -0.3 is 4.74 Å². The zero-order valence-electron chi connectivity index (χ0n) is 7.98. The smallest absolute Gasteiger partial charge is 0.213 e. The molecule has 0 atom stereocenters. The number of aromatic nitrogens is 3. The van der Waals surface area contributed by atoms with E-state index in [0.29, 0.717) is 12.5 Å². The van der Waals surface area contributed by atoms with Gasteiger partial charge in [-0.3, -0.25) is 5.10 Å². The summed E-state index contributed by atoms with van der Waals surface area (Å²) in [4.78, 5) is 4.10. The lowest BCUT2D eigenvalue weighted by atomic mass is 10.3.